The first-order valence-corrected chi connectivity index (χ1v) is 13.5. The number of carbonyl (C=O) groups excluding carboxylic acids is 2. The van der Waals surface area contributed by atoms with Crippen LogP contribution in [0.4, 0.5) is 4.39 Å². The molecule has 204 valence electrons. The largest absolute Gasteiger partial charge is 0.462 e. The maximum Gasteiger partial charge on any atom is 0.341 e. The molecule has 39 heavy (non-hydrogen) atoms. The smallest absolute Gasteiger partial charge is 0.341 e. The van der Waals surface area contributed by atoms with Crippen molar-refractivity contribution in [2.24, 2.45) is 11.7 Å². The molecule has 3 aromatic rings. The molecule has 0 bridgehead atoms. The van der Waals surface area contributed by atoms with E-state index in [0.29, 0.717) is 41.2 Å². The third-order valence-corrected chi connectivity index (χ3v) is 7.46. The van der Waals surface area contributed by atoms with Crippen LogP contribution in [0.1, 0.15) is 64.9 Å². The molecule has 1 unspecified atom stereocenters. The quantitative estimate of drug-likeness (QED) is 0.412. The molecular formula is C30H34FN5O3. The van der Waals surface area contributed by atoms with E-state index in [4.69, 9.17) is 10.5 Å². The van der Waals surface area contributed by atoms with Crippen molar-refractivity contribution in [2.45, 2.75) is 38.5 Å². The van der Waals surface area contributed by atoms with Crippen LogP contribution in [0, 0.1) is 11.7 Å². The number of nitrogens with two attached hydrogens (primary N) is 1. The topological polar surface area (TPSA) is 102 Å². The van der Waals surface area contributed by atoms with Crippen LogP contribution in [0.3, 0.4) is 0 Å². The number of nitrogens with one attached hydrogen (secondary N) is 1. The molecule has 2 heterocycles. The van der Waals surface area contributed by atoms with Crippen molar-refractivity contribution >= 4 is 11.9 Å². The number of allylic oxidation sites excluding steroid dienone is 1. The van der Waals surface area contributed by atoms with Gasteiger partial charge in [-0.25, -0.2) is 13.9 Å². The van der Waals surface area contributed by atoms with E-state index in [9.17, 15) is 9.59 Å². The molecule has 2 aliphatic rings. The number of nitrogens with zero attached hydrogens (tertiary/aromatic N) is 3. The first-order valence-electron chi connectivity index (χ1n) is 13.5. The predicted octanol–water partition coefficient (Wildman–Crippen LogP) is 4.60. The molecule has 1 saturated heterocycles. The van der Waals surface area contributed by atoms with Crippen LogP contribution in [0.5, 0.6) is 0 Å². The second kappa shape index (κ2) is 11.3. The van der Waals surface area contributed by atoms with Gasteiger partial charge >= 0.3 is 5.97 Å². The highest BCUT2D eigenvalue weighted by Crippen LogP contribution is 2.51. The zero-order valence-corrected chi connectivity index (χ0v) is 22.3. The lowest BCUT2D eigenvalue weighted by Gasteiger charge is -2.27. The van der Waals surface area contributed by atoms with Crippen molar-refractivity contribution in [3.8, 4) is 16.8 Å². The van der Waals surface area contributed by atoms with Gasteiger partial charge in [-0.05, 0) is 56.4 Å². The zero-order valence-electron chi connectivity index (χ0n) is 22.3. The van der Waals surface area contributed by atoms with Crippen LogP contribution in [0.2, 0.25) is 0 Å². The Morgan fingerprint density at radius 2 is 1.92 bits per heavy atom. The maximum atomic E-state index is 15.8. The van der Waals surface area contributed by atoms with Crippen LogP contribution in [0.15, 0.2) is 60.6 Å². The predicted molar refractivity (Wildman–Crippen MR) is 147 cm³/mol. The van der Waals surface area contributed by atoms with E-state index in [-0.39, 0.29) is 29.9 Å². The number of ether oxygens (including phenoxy) is 1. The van der Waals surface area contributed by atoms with Crippen LogP contribution in [0.25, 0.3) is 16.8 Å². The Balaban J connectivity index is 1.52. The number of likely N-dealkylation sites (tertiary alicyclic amines) is 1. The van der Waals surface area contributed by atoms with Crippen molar-refractivity contribution in [3.63, 3.8) is 0 Å². The van der Waals surface area contributed by atoms with E-state index < -0.39 is 11.8 Å². The molecule has 2 fully saturated rings. The van der Waals surface area contributed by atoms with Gasteiger partial charge in [0.25, 0.3) is 5.91 Å². The number of piperidine rings is 1. The van der Waals surface area contributed by atoms with Crippen LogP contribution in [-0.4, -0.2) is 53.3 Å². The second-order valence-corrected chi connectivity index (χ2v) is 10.0. The van der Waals surface area contributed by atoms with E-state index in [2.05, 4.69) is 10.4 Å². The highest BCUT2D eigenvalue weighted by Gasteiger charge is 2.45. The van der Waals surface area contributed by atoms with E-state index >= 15 is 4.39 Å². The van der Waals surface area contributed by atoms with Crippen molar-refractivity contribution in [3.05, 3.63) is 83.2 Å². The van der Waals surface area contributed by atoms with Gasteiger partial charge in [0.15, 0.2) is 0 Å². The van der Waals surface area contributed by atoms with Crippen LogP contribution in [-0.2, 0) is 4.74 Å². The lowest BCUT2D eigenvalue weighted by molar-refractivity contribution is 0.0524. The number of rotatable bonds is 8. The first kappa shape index (κ1) is 26.5. The van der Waals surface area contributed by atoms with Gasteiger partial charge in [-0.3, -0.25) is 4.79 Å². The van der Waals surface area contributed by atoms with Gasteiger partial charge in [-0.2, -0.15) is 5.10 Å². The molecule has 1 aromatic heterocycles. The summed E-state index contributed by atoms with van der Waals surface area (Å²) >= 11 is 0. The molecular weight excluding hydrogens is 497 g/mol. The summed E-state index contributed by atoms with van der Waals surface area (Å²) in [6.45, 7) is 3.32. The highest BCUT2D eigenvalue weighted by atomic mass is 19.1. The number of halogens is 1. The Morgan fingerprint density at radius 3 is 2.67 bits per heavy atom. The van der Waals surface area contributed by atoms with Crippen molar-refractivity contribution < 1.29 is 18.7 Å². The molecule has 1 amide bonds. The number of benzene rings is 2. The number of hydrogen-bond acceptors (Lipinski definition) is 6. The van der Waals surface area contributed by atoms with Crippen molar-refractivity contribution in [1.29, 1.82) is 0 Å². The van der Waals surface area contributed by atoms with Gasteiger partial charge in [0, 0.05) is 49.4 Å². The lowest BCUT2D eigenvalue weighted by Crippen LogP contribution is -2.36. The fourth-order valence-electron chi connectivity index (χ4n) is 5.42. The molecule has 2 atom stereocenters. The fourth-order valence-corrected chi connectivity index (χ4v) is 5.42. The SMILES string of the molecule is CCOC(=O)c1cnn(-c2cccc(-c3cccc(C(=O)N4CCCCC4)c3F)c2)c1C1C[C@@H]1/C(N)=C/NC. The standard InChI is InChI=1S/C30H34FN5O3/c1-3-39-30(38)25-17-34-36(28(25)24-16-23(24)26(32)18-33-2)20-10-7-9-19(15-20)21-11-8-12-22(27(21)31)29(37)35-13-5-4-6-14-35/h7-12,15,17-18,23-24,33H,3-6,13-14,16,32H2,1-2H3/b26-18-/t23-,24?/m0/s1. The second-order valence-electron chi connectivity index (χ2n) is 10.0. The van der Waals surface area contributed by atoms with Gasteiger partial charge in [-0.1, -0.05) is 24.3 Å². The normalized spacial score (nSPS) is 19.1. The average Bonchev–Trinajstić information content (AvgIpc) is 3.63. The Labute approximate surface area is 227 Å². The minimum Gasteiger partial charge on any atom is -0.462 e. The summed E-state index contributed by atoms with van der Waals surface area (Å²) in [5, 5.41) is 7.50. The van der Waals surface area contributed by atoms with Crippen LogP contribution < -0.4 is 11.1 Å². The summed E-state index contributed by atoms with van der Waals surface area (Å²) in [7, 11) is 1.79. The molecule has 2 aromatic carbocycles. The molecule has 8 nitrogen and oxygen atoms in total. The Morgan fingerprint density at radius 1 is 1.15 bits per heavy atom. The summed E-state index contributed by atoms with van der Waals surface area (Å²) < 4.78 is 22.8. The van der Waals surface area contributed by atoms with Gasteiger partial charge in [0.05, 0.1) is 29.7 Å². The van der Waals surface area contributed by atoms with Crippen molar-refractivity contribution in [1.82, 2.24) is 20.0 Å². The number of hydrogen-bond donors (Lipinski definition) is 2. The summed E-state index contributed by atoms with van der Waals surface area (Å²) in [4.78, 5) is 27.6. The third kappa shape index (κ3) is 5.26. The van der Waals surface area contributed by atoms with E-state index in [1.807, 2.05) is 18.2 Å². The van der Waals surface area contributed by atoms with Gasteiger partial charge in [-0.15, -0.1) is 0 Å². The Bertz CT molecular complexity index is 1410. The third-order valence-electron chi connectivity index (χ3n) is 7.46. The molecule has 5 rings (SSSR count). The minimum atomic E-state index is -0.537. The molecule has 1 aliphatic heterocycles. The van der Waals surface area contributed by atoms with Gasteiger partial charge < -0.3 is 20.7 Å². The summed E-state index contributed by atoms with van der Waals surface area (Å²) in [5.74, 6) is -1.19. The Hall–Kier alpha value is -4.14. The molecule has 1 saturated carbocycles. The number of amides is 1. The highest BCUT2D eigenvalue weighted by molar-refractivity contribution is 5.96. The molecule has 0 radical (unpaired) electrons. The average molecular weight is 532 g/mol. The fraction of sp³-hybridized carbons (Fsp3) is 0.367. The van der Waals surface area contributed by atoms with E-state index in [1.54, 1.807) is 54.0 Å². The number of esters is 1. The van der Waals surface area contributed by atoms with Gasteiger partial charge in [0.2, 0.25) is 0 Å². The molecule has 9 heteroatoms. The molecule has 0 spiro atoms. The molecule has 1 aliphatic carbocycles. The monoisotopic (exact) mass is 531 g/mol. The summed E-state index contributed by atoms with van der Waals surface area (Å²) in [6, 6.07) is 12.2. The van der Waals surface area contributed by atoms with Gasteiger partial charge in [0.1, 0.15) is 11.4 Å². The summed E-state index contributed by atoms with van der Waals surface area (Å²) in [6.07, 6.45) is 7.02. The molecule has 3 N–H and O–H groups in total. The van der Waals surface area contributed by atoms with Crippen molar-refractivity contribution in [2.75, 3.05) is 26.7 Å². The zero-order chi connectivity index (χ0) is 27.5. The minimum absolute atomic E-state index is 0.0117. The lowest BCUT2D eigenvalue weighted by atomic mass is 10.00. The van der Waals surface area contributed by atoms with E-state index in [1.165, 1.54) is 6.20 Å². The maximum absolute atomic E-state index is 15.8. The first-order chi connectivity index (χ1) is 18.9. The number of aromatic nitrogens is 2. The van der Waals surface area contributed by atoms with Crippen LogP contribution >= 0.6 is 0 Å². The Kier molecular flexibility index (Phi) is 7.67. The van der Waals surface area contributed by atoms with E-state index in [0.717, 1.165) is 31.4 Å². The number of carbonyl (C=O) groups is 2. The summed E-state index contributed by atoms with van der Waals surface area (Å²) in [5.41, 5.74) is 9.77.